The summed E-state index contributed by atoms with van der Waals surface area (Å²) in [6.07, 6.45) is 2.74. The smallest absolute Gasteiger partial charge is 0.258 e. The molecule has 6 heteroatoms. The van der Waals surface area contributed by atoms with Gasteiger partial charge >= 0.3 is 0 Å². The van der Waals surface area contributed by atoms with E-state index in [9.17, 15) is 9.18 Å². The number of thiazole rings is 1. The largest absolute Gasteiger partial charge is 0.293 e. The van der Waals surface area contributed by atoms with Crippen LogP contribution in [0.2, 0.25) is 0 Å². The molecule has 0 aliphatic heterocycles. The molecule has 0 aliphatic carbocycles. The van der Waals surface area contributed by atoms with Crippen molar-refractivity contribution in [3.8, 4) is 0 Å². The molecule has 2 aromatic heterocycles. The maximum absolute atomic E-state index is 13.0. The molecule has 0 unspecified atom stereocenters. The summed E-state index contributed by atoms with van der Waals surface area (Å²) in [5.41, 5.74) is 1.77. The van der Waals surface area contributed by atoms with Gasteiger partial charge in [-0.1, -0.05) is 19.1 Å². The summed E-state index contributed by atoms with van der Waals surface area (Å²) in [5.74, 6) is -0.228. The zero-order chi connectivity index (χ0) is 16.2. The summed E-state index contributed by atoms with van der Waals surface area (Å²) in [5, 5.41) is 1.86. The fourth-order valence-corrected chi connectivity index (χ4v) is 3.31. The molecule has 0 N–H and O–H groups in total. The third kappa shape index (κ3) is 3.83. The SMILES string of the molecule is CCCN(Cc1ccc(F)cc1)Cc1cc(=O)n2ccsc2n1. The summed E-state index contributed by atoms with van der Waals surface area (Å²) >= 11 is 1.45. The second-order valence-corrected chi connectivity index (χ2v) is 6.35. The van der Waals surface area contributed by atoms with Crippen molar-refractivity contribution >= 4 is 16.3 Å². The molecule has 0 spiro atoms. The Morgan fingerprint density at radius 3 is 2.78 bits per heavy atom. The zero-order valence-electron chi connectivity index (χ0n) is 12.9. The molecule has 0 fully saturated rings. The topological polar surface area (TPSA) is 37.6 Å². The average Bonchev–Trinajstić information content (AvgIpc) is 2.99. The fraction of sp³-hybridized carbons (Fsp3) is 0.294. The highest BCUT2D eigenvalue weighted by atomic mass is 32.1. The Bertz CT molecular complexity index is 841. The predicted octanol–water partition coefficient (Wildman–Crippen LogP) is 3.31. The molecule has 120 valence electrons. The van der Waals surface area contributed by atoms with Crippen LogP contribution in [0.15, 0.2) is 46.7 Å². The number of halogens is 1. The lowest BCUT2D eigenvalue weighted by molar-refractivity contribution is 0.254. The van der Waals surface area contributed by atoms with Crippen molar-refractivity contribution in [2.45, 2.75) is 26.4 Å². The van der Waals surface area contributed by atoms with E-state index in [2.05, 4.69) is 16.8 Å². The third-order valence-electron chi connectivity index (χ3n) is 3.60. The standard InChI is InChI=1S/C17H18FN3OS/c1-2-7-20(11-13-3-5-14(18)6-4-13)12-15-10-16(22)21-8-9-23-17(21)19-15/h3-6,8-10H,2,7,11-12H2,1H3. The van der Waals surface area contributed by atoms with Gasteiger partial charge in [0.15, 0.2) is 4.96 Å². The van der Waals surface area contributed by atoms with Gasteiger partial charge in [0, 0.05) is 30.7 Å². The van der Waals surface area contributed by atoms with Gasteiger partial charge in [-0.2, -0.15) is 0 Å². The Balaban J connectivity index is 1.80. The number of nitrogens with zero attached hydrogens (tertiary/aromatic N) is 3. The summed E-state index contributed by atoms with van der Waals surface area (Å²) < 4.78 is 14.6. The molecule has 0 atom stereocenters. The average molecular weight is 331 g/mol. The van der Waals surface area contributed by atoms with Crippen molar-refractivity contribution in [3.63, 3.8) is 0 Å². The maximum atomic E-state index is 13.0. The normalized spacial score (nSPS) is 11.4. The molecule has 0 saturated carbocycles. The highest BCUT2D eigenvalue weighted by Gasteiger charge is 2.10. The van der Waals surface area contributed by atoms with Gasteiger partial charge in [-0.15, -0.1) is 11.3 Å². The van der Waals surface area contributed by atoms with Crippen LogP contribution in [-0.4, -0.2) is 20.8 Å². The van der Waals surface area contributed by atoms with Crippen LogP contribution in [0.1, 0.15) is 24.6 Å². The Morgan fingerprint density at radius 1 is 1.26 bits per heavy atom. The summed E-state index contributed by atoms with van der Waals surface area (Å²) in [7, 11) is 0. The second-order valence-electron chi connectivity index (χ2n) is 5.48. The number of benzene rings is 1. The van der Waals surface area contributed by atoms with E-state index >= 15 is 0 Å². The van der Waals surface area contributed by atoms with Crippen molar-refractivity contribution < 1.29 is 4.39 Å². The number of rotatable bonds is 6. The molecule has 0 saturated heterocycles. The minimum atomic E-state index is -0.228. The predicted molar refractivity (Wildman–Crippen MR) is 90.1 cm³/mol. The molecule has 2 heterocycles. The Hall–Kier alpha value is -2.05. The van der Waals surface area contributed by atoms with Crippen LogP contribution in [0.25, 0.3) is 4.96 Å². The molecule has 0 aliphatic rings. The van der Waals surface area contributed by atoms with Gasteiger partial charge in [0.1, 0.15) is 5.82 Å². The summed E-state index contributed by atoms with van der Waals surface area (Å²) in [4.78, 5) is 19.6. The lowest BCUT2D eigenvalue weighted by Gasteiger charge is -2.21. The highest BCUT2D eigenvalue weighted by molar-refractivity contribution is 7.15. The summed E-state index contributed by atoms with van der Waals surface area (Å²) in [6, 6.07) is 8.13. The summed E-state index contributed by atoms with van der Waals surface area (Å²) in [6.45, 7) is 4.32. The highest BCUT2D eigenvalue weighted by Crippen LogP contribution is 2.12. The van der Waals surface area contributed by atoms with E-state index in [1.165, 1.54) is 23.5 Å². The van der Waals surface area contributed by atoms with E-state index in [1.807, 2.05) is 5.38 Å². The van der Waals surface area contributed by atoms with Gasteiger partial charge in [-0.25, -0.2) is 9.37 Å². The Labute approximate surface area is 137 Å². The molecule has 3 aromatic rings. The van der Waals surface area contributed by atoms with Crippen LogP contribution in [-0.2, 0) is 13.1 Å². The first-order chi connectivity index (χ1) is 11.2. The number of hydrogen-bond acceptors (Lipinski definition) is 4. The van der Waals surface area contributed by atoms with Gasteiger partial charge in [-0.05, 0) is 30.7 Å². The molecule has 0 radical (unpaired) electrons. The van der Waals surface area contributed by atoms with Crippen molar-refractivity contribution in [2.24, 2.45) is 0 Å². The minimum absolute atomic E-state index is 0.0514. The van der Waals surface area contributed by atoms with Crippen molar-refractivity contribution in [3.05, 3.63) is 69.3 Å². The van der Waals surface area contributed by atoms with Gasteiger partial charge < -0.3 is 0 Å². The lowest BCUT2D eigenvalue weighted by Crippen LogP contribution is -2.25. The number of aromatic nitrogens is 2. The van der Waals surface area contributed by atoms with Gasteiger partial charge in [0.2, 0.25) is 0 Å². The van der Waals surface area contributed by atoms with E-state index < -0.39 is 0 Å². The van der Waals surface area contributed by atoms with Crippen molar-refractivity contribution in [1.82, 2.24) is 14.3 Å². The van der Waals surface area contributed by atoms with E-state index in [1.54, 1.807) is 28.8 Å². The minimum Gasteiger partial charge on any atom is -0.293 e. The fourth-order valence-electron chi connectivity index (χ4n) is 2.58. The van der Waals surface area contributed by atoms with E-state index in [-0.39, 0.29) is 11.4 Å². The molecular formula is C17H18FN3OS. The lowest BCUT2D eigenvalue weighted by atomic mass is 10.2. The van der Waals surface area contributed by atoms with E-state index in [0.717, 1.165) is 24.2 Å². The molecule has 4 nitrogen and oxygen atoms in total. The van der Waals surface area contributed by atoms with Crippen LogP contribution < -0.4 is 5.56 Å². The monoisotopic (exact) mass is 331 g/mol. The molecule has 3 rings (SSSR count). The first-order valence-corrected chi connectivity index (χ1v) is 8.46. The van der Waals surface area contributed by atoms with Crippen molar-refractivity contribution in [2.75, 3.05) is 6.54 Å². The molecule has 0 bridgehead atoms. The third-order valence-corrected chi connectivity index (χ3v) is 4.36. The Morgan fingerprint density at radius 2 is 2.04 bits per heavy atom. The molecule has 0 amide bonds. The van der Waals surface area contributed by atoms with Gasteiger partial charge in [0.05, 0.1) is 5.69 Å². The van der Waals surface area contributed by atoms with Gasteiger partial charge in [0.25, 0.3) is 5.56 Å². The number of hydrogen-bond donors (Lipinski definition) is 0. The number of fused-ring (bicyclic) bond motifs is 1. The van der Waals surface area contributed by atoms with E-state index in [0.29, 0.717) is 18.1 Å². The van der Waals surface area contributed by atoms with Crippen LogP contribution in [0.5, 0.6) is 0 Å². The van der Waals surface area contributed by atoms with E-state index in [4.69, 9.17) is 0 Å². The second kappa shape index (κ2) is 7.02. The van der Waals surface area contributed by atoms with Crippen LogP contribution in [0, 0.1) is 5.82 Å². The first kappa shape index (κ1) is 15.8. The quantitative estimate of drug-likeness (QED) is 0.695. The van der Waals surface area contributed by atoms with Gasteiger partial charge in [-0.3, -0.25) is 14.1 Å². The zero-order valence-corrected chi connectivity index (χ0v) is 13.7. The molecule has 1 aromatic carbocycles. The Kier molecular flexibility index (Phi) is 4.83. The van der Waals surface area contributed by atoms with Crippen LogP contribution >= 0.6 is 11.3 Å². The first-order valence-electron chi connectivity index (χ1n) is 7.58. The van der Waals surface area contributed by atoms with Crippen LogP contribution in [0.4, 0.5) is 4.39 Å². The maximum Gasteiger partial charge on any atom is 0.258 e. The molecular weight excluding hydrogens is 313 g/mol. The molecule has 23 heavy (non-hydrogen) atoms. The van der Waals surface area contributed by atoms with Crippen molar-refractivity contribution in [1.29, 1.82) is 0 Å². The van der Waals surface area contributed by atoms with Crippen LogP contribution in [0.3, 0.4) is 0 Å².